The van der Waals surface area contributed by atoms with Gasteiger partial charge in [0.15, 0.2) is 0 Å². The Bertz CT molecular complexity index is 1360. The lowest BCUT2D eigenvalue weighted by Crippen LogP contribution is -2.37. The molecule has 38 heavy (non-hydrogen) atoms. The van der Waals surface area contributed by atoms with Crippen molar-refractivity contribution >= 4 is 17.0 Å². The van der Waals surface area contributed by atoms with E-state index in [1.165, 1.54) is 5.56 Å². The summed E-state index contributed by atoms with van der Waals surface area (Å²) in [5.41, 5.74) is 4.11. The minimum absolute atomic E-state index is 0.187. The van der Waals surface area contributed by atoms with Crippen LogP contribution in [0.15, 0.2) is 72.9 Å². The molecule has 0 spiro atoms. The summed E-state index contributed by atoms with van der Waals surface area (Å²) in [7, 11) is 0. The first-order chi connectivity index (χ1) is 18.6. The lowest BCUT2D eigenvalue weighted by Gasteiger charge is -2.32. The molecule has 1 aliphatic heterocycles. The molecule has 2 aromatic carbocycles. The molecule has 2 aromatic heterocycles. The van der Waals surface area contributed by atoms with Crippen molar-refractivity contribution in [1.82, 2.24) is 14.5 Å². The largest absolute Gasteiger partial charge is 0.494 e. The molecule has 0 unspecified atom stereocenters. The molecule has 198 valence electrons. The molecule has 4 aromatic rings. The van der Waals surface area contributed by atoms with Crippen LogP contribution in [-0.4, -0.2) is 57.9 Å². The number of pyridine rings is 1. The number of piperidine rings is 1. The van der Waals surface area contributed by atoms with Gasteiger partial charge in [-0.05, 0) is 60.2 Å². The number of hydrogen-bond donors (Lipinski definition) is 1. The van der Waals surface area contributed by atoms with Crippen LogP contribution < -0.4 is 4.74 Å². The van der Waals surface area contributed by atoms with Crippen molar-refractivity contribution in [3.8, 4) is 16.9 Å². The van der Waals surface area contributed by atoms with Gasteiger partial charge in [0, 0.05) is 37.8 Å². The summed E-state index contributed by atoms with van der Waals surface area (Å²) in [5, 5.41) is 10.8. The van der Waals surface area contributed by atoms with Crippen LogP contribution >= 0.6 is 0 Å². The number of fused-ring (bicyclic) bond motifs is 1. The second-order valence-electron chi connectivity index (χ2n) is 9.79. The van der Waals surface area contributed by atoms with Gasteiger partial charge in [0.25, 0.3) is 0 Å². The fourth-order valence-electron chi connectivity index (χ4n) is 5.16. The van der Waals surface area contributed by atoms with Crippen molar-refractivity contribution in [1.29, 1.82) is 0 Å². The average Bonchev–Trinajstić information content (AvgIpc) is 3.33. The number of carbonyl (C=O) groups is 1. The quantitative estimate of drug-likeness (QED) is 0.270. The van der Waals surface area contributed by atoms with Crippen molar-refractivity contribution in [2.75, 3.05) is 26.3 Å². The molecule has 1 aliphatic rings. The Morgan fingerprint density at radius 3 is 2.61 bits per heavy atom. The number of aromatic carboxylic acids is 1. The number of carboxylic acids is 1. The lowest BCUT2D eigenvalue weighted by molar-refractivity contribution is 0.00257. The van der Waals surface area contributed by atoms with Crippen molar-refractivity contribution < 1.29 is 19.4 Å². The van der Waals surface area contributed by atoms with E-state index in [1.54, 1.807) is 16.8 Å². The van der Waals surface area contributed by atoms with Crippen LogP contribution in [0.1, 0.15) is 42.2 Å². The highest BCUT2D eigenvalue weighted by molar-refractivity contribution is 6.00. The van der Waals surface area contributed by atoms with Crippen LogP contribution in [0.2, 0.25) is 0 Å². The average molecular weight is 514 g/mol. The van der Waals surface area contributed by atoms with Gasteiger partial charge in [-0.3, -0.25) is 4.90 Å². The van der Waals surface area contributed by atoms with Crippen LogP contribution in [0.3, 0.4) is 0 Å². The summed E-state index contributed by atoms with van der Waals surface area (Å²) >= 11 is 0. The van der Waals surface area contributed by atoms with Gasteiger partial charge in [-0.25, -0.2) is 9.78 Å². The smallest absolute Gasteiger partial charge is 0.352 e. The van der Waals surface area contributed by atoms with Gasteiger partial charge in [0.1, 0.15) is 17.1 Å². The first-order valence-electron chi connectivity index (χ1n) is 13.4. The summed E-state index contributed by atoms with van der Waals surface area (Å²) in [6.45, 7) is 6.57. The van der Waals surface area contributed by atoms with E-state index in [4.69, 9.17) is 9.47 Å². The van der Waals surface area contributed by atoms with Crippen LogP contribution in [0.25, 0.3) is 22.2 Å². The lowest BCUT2D eigenvalue weighted by atomic mass is 10.0. The highest BCUT2D eigenvalue weighted by atomic mass is 16.5. The highest BCUT2D eigenvalue weighted by Gasteiger charge is 2.22. The zero-order valence-electron chi connectivity index (χ0n) is 21.9. The van der Waals surface area contributed by atoms with Crippen LogP contribution in [0.5, 0.6) is 5.75 Å². The van der Waals surface area contributed by atoms with Gasteiger partial charge in [0.05, 0.1) is 19.3 Å². The second-order valence-corrected chi connectivity index (χ2v) is 9.79. The molecule has 1 fully saturated rings. The molecule has 1 saturated heterocycles. The second kappa shape index (κ2) is 12.2. The molecule has 0 aliphatic carbocycles. The summed E-state index contributed by atoms with van der Waals surface area (Å²) in [6, 6.07) is 22.1. The fourth-order valence-corrected chi connectivity index (χ4v) is 5.16. The van der Waals surface area contributed by atoms with Crippen molar-refractivity contribution in [3.05, 3.63) is 84.2 Å². The number of aromatic nitrogens is 2. The standard InChI is InChI=1S/C31H35N3O4/c1-2-18-37-26-10-6-9-24(20-26)27-11-14-32-30-28(27)21-29(31(35)36)34(30)17-19-38-25-12-15-33(16-13-25)22-23-7-4-3-5-8-23/h3-11,14,20-21,25H,2,12-13,15-19,22H2,1H3,(H,35,36). The minimum atomic E-state index is -0.969. The SMILES string of the molecule is CCCOc1cccc(-c2ccnc3c2cc(C(=O)O)n3CCOC2CCN(Cc3ccccc3)CC2)c1. The Labute approximate surface area is 223 Å². The Kier molecular flexibility index (Phi) is 8.36. The van der Waals surface area contributed by atoms with Crippen LogP contribution in [0, 0.1) is 0 Å². The Morgan fingerprint density at radius 2 is 1.84 bits per heavy atom. The minimum Gasteiger partial charge on any atom is -0.494 e. The van der Waals surface area contributed by atoms with Crippen molar-refractivity contribution in [3.63, 3.8) is 0 Å². The first-order valence-corrected chi connectivity index (χ1v) is 13.4. The number of benzene rings is 2. The number of ether oxygens (including phenoxy) is 2. The third kappa shape index (κ3) is 6.06. The molecule has 0 amide bonds. The molecule has 5 rings (SSSR count). The molecule has 7 nitrogen and oxygen atoms in total. The van der Waals surface area contributed by atoms with E-state index in [0.717, 1.165) is 61.2 Å². The maximum atomic E-state index is 12.1. The van der Waals surface area contributed by atoms with E-state index in [-0.39, 0.29) is 11.8 Å². The third-order valence-corrected chi connectivity index (χ3v) is 7.09. The maximum absolute atomic E-state index is 12.1. The van der Waals surface area contributed by atoms with E-state index in [2.05, 4.69) is 41.1 Å². The number of carboxylic acid groups (broad SMARTS) is 1. The molecule has 0 atom stereocenters. The summed E-state index contributed by atoms with van der Waals surface area (Å²) < 4.78 is 13.8. The number of hydrogen-bond acceptors (Lipinski definition) is 5. The normalized spacial score (nSPS) is 14.7. The van der Waals surface area contributed by atoms with E-state index in [1.807, 2.05) is 36.4 Å². The first kappa shape index (κ1) is 25.9. The van der Waals surface area contributed by atoms with Gasteiger partial charge in [-0.1, -0.05) is 49.4 Å². The summed E-state index contributed by atoms with van der Waals surface area (Å²) in [5.74, 6) is -0.168. The Balaban J connectivity index is 1.26. The monoisotopic (exact) mass is 513 g/mol. The van der Waals surface area contributed by atoms with Crippen molar-refractivity contribution in [2.24, 2.45) is 0 Å². The predicted molar refractivity (Wildman–Crippen MR) is 149 cm³/mol. The molecule has 0 bridgehead atoms. The van der Waals surface area contributed by atoms with E-state index in [9.17, 15) is 9.90 Å². The molecule has 0 radical (unpaired) electrons. The Hall–Kier alpha value is -3.68. The molecule has 7 heteroatoms. The van der Waals surface area contributed by atoms with Gasteiger partial charge in [-0.15, -0.1) is 0 Å². The molecular formula is C31H35N3O4. The van der Waals surface area contributed by atoms with E-state index in [0.29, 0.717) is 25.4 Å². The number of rotatable bonds is 11. The number of likely N-dealkylation sites (tertiary alicyclic amines) is 1. The van der Waals surface area contributed by atoms with Gasteiger partial charge in [0.2, 0.25) is 0 Å². The molecule has 1 N–H and O–H groups in total. The van der Waals surface area contributed by atoms with Crippen molar-refractivity contribution in [2.45, 2.75) is 45.4 Å². The van der Waals surface area contributed by atoms with Gasteiger partial charge >= 0.3 is 5.97 Å². The maximum Gasteiger partial charge on any atom is 0.352 e. The zero-order chi connectivity index (χ0) is 26.3. The van der Waals surface area contributed by atoms with Gasteiger partial charge < -0.3 is 19.1 Å². The fraction of sp³-hybridized carbons (Fsp3) is 0.355. The zero-order valence-corrected chi connectivity index (χ0v) is 21.9. The topological polar surface area (TPSA) is 76.8 Å². The van der Waals surface area contributed by atoms with Crippen LogP contribution in [-0.2, 0) is 17.8 Å². The Morgan fingerprint density at radius 1 is 1.03 bits per heavy atom. The van der Waals surface area contributed by atoms with Gasteiger partial charge in [-0.2, -0.15) is 0 Å². The molecular weight excluding hydrogens is 478 g/mol. The molecule has 0 saturated carbocycles. The molecule has 3 heterocycles. The number of nitrogens with zero attached hydrogens (tertiary/aromatic N) is 3. The third-order valence-electron chi connectivity index (χ3n) is 7.09. The van der Waals surface area contributed by atoms with E-state index >= 15 is 0 Å². The van der Waals surface area contributed by atoms with Crippen LogP contribution in [0.4, 0.5) is 0 Å². The highest BCUT2D eigenvalue weighted by Crippen LogP contribution is 2.32. The predicted octanol–water partition coefficient (Wildman–Crippen LogP) is 5.87. The summed E-state index contributed by atoms with van der Waals surface area (Å²) in [6.07, 6.45) is 4.81. The summed E-state index contributed by atoms with van der Waals surface area (Å²) in [4.78, 5) is 19.2. The van der Waals surface area contributed by atoms with E-state index < -0.39 is 5.97 Å².